The number of benzene rings is 2. The fourth-order valence-electron chi connectivity index (χ4n) is 3.43. The molecule has 27 heavy (non-hydrogen) atoms. The standard InChI is InChI=1S/C22H24N2O3/c1-4-15-9-5-8-12-18(15)23-20(25)19(13-14(2)3)24-21(26)16-10-6-7-11-17(16)22(24)27/h5-12,14,19H,4,13H2,1-3H3,(H,23,25)/t19-/m0/s1. The third kappa shape index (κ3) is 3.63. The van der Waals surface area contributed by atoms with Gasteiger partial charge in [-0.2, -0.15) is 0 Å². The molecule has 0 bridgehead atoms. The Hall–Kier alpha value is -2.95. The third-order valence-corrected chi connectivity index (χ3v) is 4.79. The summed E-state index contributed by atoms with van der Waals surface area (Å²) in [6.45, 7) is 5.96. The van der Waals surface area contributed by atoms with Crippen LogP contribution in [-0.4, -0.2) is 28.7 Å². The first-order chi connectivity index (χ1) is 12.9. The Balaban J connectivity index is 1.92. The fraction of sp³-hybridized carbons (Fsp3) is 0.318. The number of imide groups is 1. The van der Waals surface area contributed by atoms with Crippen molar-refractivity contribution in [1.29, 1.82) is 0 Å². The van der Waals surface area contributed by atoms with Gasteiger partial charge in [-0.1, -0.05) is 51.1 Å². The van der Waals surface area contributed by atoms with E-state index in [9.17, 15) is 14.4 Å². The van der Waals surface area contributed by atoms with Gasteiger partial charge in [-0.05, 0) is 42.5 Å². The number of hydrogen-bond donors (Lipinski definition) is 1. The molecule has 1 aliphatic heterocycles. The predicted molar refractivity (Wildman–Crippen MR) is 105 cm³/mol. The number of rotatable bonds is 6. The molecule has 5 nitrogen and oxygen atoms in total. The van der Waals surface area contributed by atoms with Crippen molar-refractivity contribution in [2.45, 2.75) is 39.7 Å². The van der Waals surface area contributed by atoms with E-state index < -0.39 is 17.9 Å². The number of nitrogens with zero attached hydrogens (tertiary/aromatic N) is 1. The van der Waals surface area contributed by atoms with E-state index in [1.807, 2.05) is 45.0 Å². The van der Waals surface area contributed by atoms with Crippen LogP contribution in [0.1, 0.15) is 53.5 Å². The van der Waals surface area contributed by atoms with Crippen molar-refractivity contribution in [1.82, 2.24) is 4.90 Å². The maximum Gasteiger partial charge on any atom is 0.262 e. The second kappa shape index (κ2) is 7.74. The van der Waals surface area contributed by atoms with Crippen LogP contribution in [0.2, 0.25) is 0 Å². The molecule has 5 heteroatoms. The van der Waals surface area contributed by atoms with Gasteiger partial charge in [0.25, 0.3) is 11.8 Å². The van der Waals surface area contributed by atoms with Crippen molar-refractivity contribution in [2.24, 2.45) is 5.92 Å². The Morgan fingerprint density at radius 3 is 2.07 bits per heavy atom. The van der Waals surface area contributed by atoms with Crippen molar-refractivity contribution in [3.63, 3.8) is 0 Å². The molecule has 0 aliphatic carbocycles. The molecule has 0 saturated heterocycles. The maximum atomic E-state index is 13.1. The number of hydrogen-bond acceptors (Lipinski definition) is 3. The number of nitrogens with one attached hydrogen (secondary N) is 1. The van der Waals surface area contributed by atoms with E-state index in [-0.39, 0.29) is 11.8 Å². The number of carbonyl (C=O) groups excluding carboxylic acids is 3. The molecule has 0 spiro atoms. The Morgan fingerprint density at radius 2 is 1.52 bits per heavy atom. The van der Waals surface area contributed by atoms with Gasteiger partial charge in [0.2, 0.25) is 5.91 Å². The van der Waals surface area contributed by atoms with E-state index in [1.165, 1.54) is 0 Å². The molecule has 3 amide bonds. The molecule has 140 valence electrons. The summed E-state index contributed by atoms with van der Waals surface area (Å²) in [4.78, 5) is 39.9. The van der Waals surface area contributed by atoms with Gasteiger partial charge in [0.05, 0.1) is 11.1 Å². The van der Waals surface area contributed by atoms with Gasteiger partial charge in [-0.3, -0.25) is 19.3 Å². The molecule has 0 saturated carbocycles. The molecule has 1 N–H and O–H groups in total. The zero-order valence-electron chi connectivity index (χ0n) is 15.9. The molecule has 1 heterocycles. The summed E-state index contributed by atoms with van der Waals surface area (Å²) in [5, 5.41) is 2.93. The quantitative estimate of drug-likeness (QED) is 0.791. The van der Waals surface area contributed by atoms with Crippen molar-refractivity contribution in [3.05, 3.63) is 65.2 Å². The molecule has 3 rings (SSSR count). The number of para-hydroxylation sites is 1. The van der Waals surface area contributed by atoms with E-state index in [0.29, 0.717) is 17.5 Å². The highest BCUT2D eigenvalue weighted by Crippen LogP contribution is 2.28. The lowest BCUT2D eigenvalue weighted by Crippen LogP contribution is -2.48. The highest BCUT2D eigenvalue weighted by atomic mass is 16.2. The Labute approximate surface area is 159 Å². The largest absolute Gasteiger partial charge is 0.324 e. The minimum Gasteiger partial charge on any atom is -0.324 e. The van der Waals surface area contributed by atoms with Gasteiger partial charge < -0.3 is 5.32 Å². The first-order valence-electron chi connectivity index (χ1n) is 9.29. The van der Waals surface area contributed by atoms with Gasteiger partial charge in [0, 0.05) is 5.69 Å². The summed E-state index contributed by atoms with van der Waals surface area (Å²) in [6, 6.07) is 13.4. The van der Waals surface area contributed by atoms with Gasteiger partial charge in [-0.25, -0.2) is 0 Å². The van der Waals surface area contributed by atoms with Crippen molar-refractivity contribution in [2.75, 3.05) is 5.32 Å². The molecular formula is C22H24N2O3. The lowest BCUT2D eigenvalue weighted by molar-refractivity contribution is -0.120. The SMILES string of the molecule is CCc1ccccc1NC(=O)[C@H](CC(C)C)N1C(=O)c2ccccc2C1=O. The van der Waals surface area contributed by atoms with E-state index >= 15 is 0 Å². The summed E-state index contributed by atoms with van der Waals surface area (Å²) >= 11 is 0. The van der Waals surface area contributed by atoms with Crippen LogP contribution in [0.3, 0.4) is 0 Å². The number of fused-ring (bicyclic) bond motifs is 1. The Kier molecular flexibility index (Phi) is 5.40. The molecular weight excluding hydrogens is 340 g/mol. The van der Waals surface area contributed by atoms with Crippen molar-refractivity contribution >= 4 is 23.4 Å². The maximum absolute atomic E-state index is 13.1. The molecule has 2 aromatic rings. The third-order valence-electron chi connectivity index (χ3n) is 4.79. The highest BCUT2D eigenvalue weighted by Gasteiger charge is 2.42. The van der Waals surface area contributed by atoms with Gasteiger partial charge in [0.15, 0.2) is 0 Å². The van der Waals surface area contributed by atoms with Crippen LogP contribution >= 0.6 is 0 Å². The number of amides is 3. The van der Waals surface area contributed by atoms with Crippen LogP contribution in [0.15, 0.2) is 48.5 Å². The summed E-state index contributed by atoms with van der Waals surface area (Å²) in [5.41, 5.74) is 2.45. The monoisotopic (exact) mass is 364 g/mol. The van der Waals surface area contributed by atoms with Crippen LogP contribution in [-0.2, 0) is 11.2 Å². The normalized spacial score (nSPS) is 14.4. The summed E-state index contributed by atoms with van der Waals surface area (Å²) in [5.74, 6) is -0.994. The Morgan fingerprint density at radius 1 is 0.963 bits per heavy atom. The minimum absolute atomic E-state index is 0.145. The summed E-state index contributed by atoms with van der Waals surface area (Å²) in [7, 11) is 0. The van der Waals surface area contributed by atoms with Crippen LogP contribution in [0.4, 0.5) is 5.69 Å². The van der Waals surface area contributed by atoms with Crippen molar-refractivity contribution < 1.29 is 14.4 Å². The predicted octanol–water partition coefficient (Wildman–Crippen LogP) is 3.90. The topological polar surface area (TPSA) is 66.5 Å². The molecule has 1 atom stereocenters. The fourth-order valence-corrected chi connectivity index (χ4v) is 3.43. The number of anilines is 1. The molecule has 0 unspecified atom stereocenters. The average Bonchev–Trinajstić information content (AvgIpc) is 2.91. The minimum atomic E-state index is -0.845. The zero-order chi connectivity index (χ0) is 19.6. The molecule has 0 radical (unpaired) electrons. The molecule has 2 aromatic carbocycles. The number of aryl methyl sites for hydroxylation is 1. The average molecular weight is 364 g/mol. The van der Waals surface area contributed by atoms with Gasteiger partial charge in [-0.15, -0.1) is 0 Å². The van der Waals surface area contributed by atoms with E-state index in [1.54, 1.807) is 24.3 Å². The van der Waals surface area contributed by atoms with E-state index in [2.05, 4.69) is 5.32 Å². The molecule has 1 aliphatic rings. The second-order valence-electron chi connectivity index (χ2n) is 7.17. The second-order valence-corrected chi connectivity index (χ2v) is 7.17. The van der Waals surface area contributed by atoms with Crippen LogP contribution < -0.4 is 5.32 Å². The highest BCUT2D eigenvalue weighted by molar-refractivity contribution is 6.23. The smallest absolute Gasteiger partial charge is 0.262 e. The molecule has 0 fully saturated rings. The van der Waals surface area contributed by atoms with Crippen molar-refractivity contribution in [3.8, 4) is 0 Å². The number of carbonyl (C=O) groups is 3. The summed E-state index contributed by atoms with van der Waals surface area (Å²) in [6.07, 6.45) is 1.18. The van der Waals surface area contributed by atoms with Crippen LogP contribution in [0.25, 0.3) is 0 Å². The zero-order valence-corrected chi connectivity index (χ0v) is 15.9. The van der Waals surface area contributed by atoms with Gasteiger partial charge in [0.1, 0.15) is 6.04 Å². The lowest BCUT2D eigenvalue weighted by atomic mass is 10.0. The van der Waals surface area contributed by atoms with E-state index in [4.69, 9.17) is 0 Å². The summed E-state index contributed by atoms with van der Waals surface area (Å²) < 4.78 is 0. The first-order valence-corrected chi connectivity index (χ1v) is 9.29. The lowest BCUT2D eigenvalue weighted by Gasteiger charge is -2.27. The first kappa shape index (κ1) is 18.8. The Bertz CT molecular complexity index is 854. The molecule has 0 aromatic heterocycles. The van der Waals surface area contributed by atoms with Crippen LogP contribution in [0, 0.1) is 5.92 Å². The van der Waals surface area contributed by atoms with Gasteiger partial charge >= 0.3 is 0 Å². The van der Waals surface area contributed by atoms with E-state index in [0.717, 1.165) is 22.6 Å². The van der Waals surface area contributed by atoms with Crippen LogP contribution in [0.5, 0.6) is 0 Å².